The van der Waals surface area contributed by atoms with Gasteiger partial charge in [0, 0.05) is 4.47 Å². The molecule has 3 aromatic rings. The number of rotatable bonds is 9. The largest absolute Gasteiger partial charge is 0.494 e. The number of halogens is 1. The van der Waals surface area contributed by atoms with Gasteiger partial charge in [0.1, 0.15) is 17.2 Å². The van der Waals surface area contributed by atoms with Gasteiger partial charge in [-0.2, -0.15) is 5.11 Å². The first-order chi connectivity index (χ1) is 15.1. The van der Waals surface area contributed by atoms with Crippen molar-refractivity contribution in [2.75, 3.05) is 6.61 Å². The Labute approximate surface area is 191 Å². The van der Waals surface area contributed by atoms with Crippen LogP contribution in [0.5, 0.6) is 11.5 Å². The molecule has 0 spiro atoms. The van der Waals surface area contributed by atoms with Gasteiger partial charge < -0.3 is 9.47 Å². The summed E-state index contributed by atoms with van der Waals surface area (Å²) in [4.78, 5) is 12.4. The number of carbonyl (C=O) groups is 1. The third kappa shape index (κ3) is 6.76. The van der Waals surface area contributed by atoms with Crippen molar-refractivity contribution in [2.45, 2.75) is 33.1 Å². The highest BCUT2D eigenvalue weighted by atomic mass is 79.9. The predicted molar refractivity (Wildman–Crippen MR) is 126 cm³/mol. The lowest BCUT2D eigenvalue weighted by Gasteiger charge is -2.07. The topological polar surface area (TPSA) is 60.2 Å². The van der Waals surface area contributed by atoms with Gasteiger partial charge >= 0.3 is 5.97 Å². The molecule has 0 saturated carbocycles. The highest BCUT2D eigenvalue weighted by Gasteiger charge is 2.10. The number of aryl methyl sites for hydroxylation is 1. The lowest BCUT2D eigenvalue weighted by atomic mass is 10.1. The van der Waals surface area contributed by atoms with Crippen molar-refractivity contribution in [1.82, 2.24) is 0 Å². The smallest absolute Gasteiger partial charge is 0.343 e. The molecular formula is C25H25BrN2O3. The molecule has 5 nitrogen and oxygen atoms in total. The van der Waals surface area contributed by atoms with Crippen molar-refractivity contribution in [2.24, 2.45) is 10.2 Å². The maximum absolute atomic E-state index is 12.4. The SMILES string of the molecule is CCCCc1ccc(N=Nc2ccc(OC(=O)c3ccc(OCC)cc3)cc2Br)cc1. The summed E-state index contributed by atoms with van der Waals surface area (Å²) in [6, 6.07) is 20.1. The summed E-state index contributed by atoms with van der Waals surface area (Å²) in [6.45, 7) is 4.67. The van der Waals surface area contributed by atoms with Crippen LogP contribution in [-0.4, -0.2) is 12.6 Å². The number of azo groups is 1. The molecule has 6 heteroatoms. The summed E-state index contributed by atoms with van der Waals surface area (Å²) in [5.74, 6) is 0.699. The molecule has 0 N–H and O–H groups in total. The molecule has 0 unspecified atom stereocenters. The van der Waals surface area contributed by atoms with Gasteiger partial charge in [0.05, 0.1) is 17.9 Å². The molecule has 3 aromatic carbocycles. The second-order valence-electron chi connectivity index (χ2n) is 6.93. The molecule has 0 aromatic heterocycles. The molecule has 3 rings (SSSR count). The molecule has 0 radical (unpaired) electrons. The standard InChI is InChI=1S/C25H25BrN2O3/c1-3-5-6-18-7-11-20(12-8-18)27-28-24-16-15-22(17-23(24)26)31-25(29)19-9-13-21(14-10-19)30-4-2/h7-17H,3-6H2,1-2H3. The fourth-order valence-electron chi connectivity index (χ4n) is 2.87. The summed E-state index contributed by atoms with van der Waals surface area (Å²) in [7, 11) is 0. The van der Waals surface area contributed by atoms with E-state index < -0.39 is 5.97 Å². The number of hydrogen-bond donors (Lipinski definition) is 0. The molecular weight excluding hydrogens is 456 g/mol. The van der Waals surface area contributed by atoms with Crippen molar-refractivity contribution < 1.29 is 14.3 Å². The van der Waals surface area contributed by atoms with E-state index in [-0.39, 0.29) is 0 Å². The Balaban J connectivity index is 1.62. The lowest BCUT2D eigenvalue weighted by molar-refractivity contribution is 0.0734. The average Bonchev–Trinajstić information content (AvgIpc) is 2.78. The summed E-state index contributed by atoms with van der Waals surface area (Å²) >= 11 is 3.47. The molecule has 0 aliphatic heterocycles. The minimum Gasteiger partial charge on any atom is -0.494 e. The molecule has 0 atom stereocenters. The van der Waals surface area contributed by atoms with Crippen molar-refractivity contribution in [3.8, 4) is 11.5 Å². The molecule has 0 amide bonds. The van der Waals surface area contributed by atoms with E-state index in [4.69, 9.17) is 9.47 Å². The Morgan fingerprint density at radius 3 is 2.26 bits per heavy atom. The fraction of sp³-hybridized carbons (Fsp3) is 0.240. The first-order valence-corrected chi connectivity index (χ1v) is 11.1. The molecule has 0 bridgehead atoms. The Kier molecular flexibility index (Phi) is 8.35. The van der Waals surface area contributed by atoms with Gasteiger partial charge in [0.25, 0.3) is 0 Å². The summed E-state index contributed by atoms with van der Waals surface area (Å²) in [6.07, 6.45) is 3.45. The van der Waals surface area contributed by atoms with E-state index >= 15 is 0 Å². The second kappa shape index (κ2) is 11.4. The zero-order valence-electron chi connectivity index (χ0n) is 17.7. The Hall–Kier alpha value is -2.99. The lowest BCUT2D eigenvalue weighted by Crippen LogP contribution is -2.08. The maximum atomic E-state index is 12.4. The monoisotopic (exact) mass is 480 g/mol. The Morgan fingerprint density at radius 1 is 0.903 bits per heavy atom. The van der Waals surface area contributed by atoms with Crippen LogP contribution in [0.2, 0.25) is 0 Å². The van der Waals surface area contributed by atoms with Crippen LogP contribution in [0.25, 0.3) is 0 Å². The van der Waals surface area contributed by atoms with E-state index in [2.05, 4.69) is 45.2 Å². The zero-order chi connectivity index (χ0) is 22.1. The Bertz CT molecular complexity index is 1030. The van der Waals surface area contributed by atoms with Crippen LogP contribution in [0.3, 0.4) is 0 Å². The van der Waals surface area contributed by atoms with Gasteiger partial charge in [-0.1, -0.05) is 25.5 Å². The third-order valence-electron chi connectivity index (χ3n) is 4.56. The highest BCUT2D eigenvalue weighted by Crippen LogP contribution is 2.31. The van der Waals surface area contributed by atoms with Crippen molar-refractivity contribution in [3.05, 3.63) is 82.3 Å². The van der Waals surface area contributed by atoms with E-state index in [1.807, 2.05) is 19.1 Å². The number of nitrogens with zero attached hydrogens (tertiary/aromatic N) is 2. The van der Waals surface area contributed by atoms with Crippen molar-refractivity contribution in [3.63, 3.8) is 0 Å². The van der Waals surface area contributed by atoms with Crippen molar-refractivity contribution in [1.29, 1.82) is 0 Å². The van der Waals surface area contributed by atoms with Crippen LogP contribution in [0.4, 0.5) is 11.4 Å². The van der Waals surface area contributed by atoms with E-state index in [1.54, 1.807) is 42.5 Å². The fourth-order valence-corrected chi connectivity index (χ4v) is 3.31. The second-order valence-corrected chi connectivity index (χ2v) is 7.78. The van der Waals surface area contributed by atoms with Gasteiger partial charge in [0.2, 0.25) is 0 Å². The normalized spacial score (nSPS) is 10.9. The first-order valence-electron chi connectivity index (χ1n) is 10.3. The third-order valence-corrected chi connectivity index (χ3v) is 5.19. The van der Waals surface area contributed by atoms with Crippen LogP contribution in [0.15, 0.2) is 81.4 Å². The van der Waals surface area contributed by atoms with E-state index in [9.17, 15) is 4.79 Å². The minimum atomic E-state index is -0.438. The summed E-state index contributed by atoms with van der Waals surface area (Å²) in [5.41, 5.74) is 3.19. The van der Waals surface area contributed by atoms with Gasteiger partial charge in [0.15, 0.2) is 0 Å². The van der Waals surface area contributed by atoms with Crippen LogP contribution in [0, 0.1) is 0 Å². The minimum absolute atomic E-state index is 0.421. The zero-order valence-corrected chi connectivity index (χ0v) is 19.3. The van der Waals surface area contributed by atoms with E-state index in [0.29, 0.717) is 33.8 Å². The number of unbranched alkanes of at least 4 members (excludes halogenated alkanes) is 1. The maximum Gasteiger partial charge on any atom is 0.343 e. The van der Waals surface area contributed by atoms with Crippen LogP contribution < -0.4 is 9.47 Å². The number of benzene rings is 3. The van der Waals surface area contributed by atoms with Gasteiger partial charge in [-0.25, -0.2) is 4.79 Å². The average molecular weight is 481 g/mol. The molecule has 0 fully saturated rings. The number of ether oxygens (including phenoxy) is 2. The van der Waals surface area contributed by atoms with Crippen LogP contribution in [0.1, 0.15) is 42.6 Å². The molecule has 160 valence electrons. The number of hydrogen-bond acceptors (Lipinski definition) is 5. The number of carbonyl (C=O) groups excluding carboxylic acids is 1. The van der Waals surface area contributed by atoms with Crippen LogP contribution in [-0.2, 0) is 6.42 Å². The van der Waals surface area contributed by atoms with E-state index in [1.165, 1.54) is 18.4 Å². The van der Waals surface area contributed by atoms with Gasteiger partial charge in [-0.15, -0.1) is 5.11 Å². The van der Waals surface area contributed by atoms with Crippen molar-refractivity contribution >= 4 is 33.3 Å². The predicted octanol–water partition coefficient (Wildman–Crippen LogP) is 7.83. The highest BCUT2D eigenvalue weighted by molar-refractivity contribution is 9.10. The molecule has 31 heavy (non-hydrogen) atoms. The molecule has 0 heterocycles. The number of esters is 1. The summed E-state index contributed by atoms with van der Waals surface area (Å²) < 4.78 is 11.5. The van der Waals surface area contributed by atoms with E-state index in [0.717, 1.165) is 12.1 Å². The molecule has 0 saturated heterocycles. The first kappa shape index (κ1) is 22.7. The van der Waals surface area contributed by atoms with Gasteiger partial charge in [-0.05, 0) is 95.9 Å². The Morgan fingerprint density at radius 2 is 1.61 bits per heavy atom. The quantitative estimate of drug-likeness (QED) is 0.178. The molecule has 0 aliphatic carbocycles. The molecule has 0 aliphatic rings. The van der Waals surface area contributed by atoms with Crippen LogP contribution >= 0.6 is 15.9 Å². The summed E-state index contributed by atoms with van der Waals surface area (Å²) in [5, 5.41) is 8.59. The van der Waals surface area contributed by atoms with Gasteiger partial charge in [-0.3, -0.25) is 0 Å².